The van der Waals surface area contributed by atoms with Crippen molar-refractivity contribution in [1.29, 1.82) is 0 Å². The van der Waals surface area contributed by atoms with Gasteiger partial charge in [-0.2, -0.15) is 0 Å². The van der Waals surface area contributed by atoms with Crippen LogP contribution in [-0.2, 0) is 0 Å². The Bertz CT molecular complexity index is 302. The number of nitrogens with zero attached hydrogens (tertiary/aromatic N) is 2. The maximum Gasteiger partial charge on any atom is 0.317 e. The summed E-state index contributed by atoms with van der Waals surface area (Å²) in [6.45, 7) is 3.64. The van der Waals surface area contributed by atoms with Gasteiger partial charge in [-0.15, -0.1) is 0 Å². The predicted molar refractivity (Wildman–Crippen MR) is 63.7 cm³/mol. The molecule has 0 aromatic heterocycles. The van der Waals surface area contributed by atoms with Crippen molar-refractivity contribution in [3.8, 4) is 0 Å². The van der Waals surface area contributed by atoms with Crippen LogP contribution < -0.4 is 5.32 Å². The second-order valence-corrected chi connectivity index (χ2v) is 5.49. The summed E-state index contributed by atoms with van der Waals surface area (Å²) in [5.74, 6) is 0. The molecule has 0 radical (unpaired) electrons. The van der Waals surface area contributed by atoms with Crippen molar-refractivity contribution < 1.29 is 9.90 Å². The number of carbonyl (C=O) groups is 1. The molecular formula is C12H21N3O2. The zero-order valence-corrected chi connectivity index (χ0v) is 10.1. The third-order valence-electron chi connectivity index (χ3n) is 4.45. The molecular weight excluding hydrogens is 218 g/mol. The highest BCUT2D eigenvalue weighted by Gasteiger charge is 2.37. The largest absolute Gasteiger partial charge is 0.393 e. The number of fused-ring (bicyclic) bond motifs is 1. The van der Waals surface area contributed by atoms with Crippen molar-refractivity contribution >= 4 is 6.03 Å². The summed E-state index contributed by atoms with van der Waals surface area (Å²) in [5.41, 5.74) is 0. The van der Waals surface area contributed by atoms with Crippen molar-refractivity contribution in [2.45, 2.75) is 43.9 Å². The summed E-state index contributed by atoms with van der Waals surface area (Å²) in [7, 11) is 0. The van der Waals surface area contributed by atoms with Crippen LogP contribution in [0.25, 0.3) is 0 Å². The number of hydrogen-bond donors (Lipinski definition) is 2. The second-order valence-electron chi connectivity index (χ2n) is 5.49. The van der Waals surface area contributed by atoms with Gasteiger partial charge in [0.25, 0.3) is 0 Å². The number of urea groups is 1. The van der Waals surface area contributed by atoms with Crippen LogP contribution in [-0.4, -0.2) is 65.3 Å². The zero-order chi connectivity index (χ0) is 11.8. The third kappa shape index (κ3) is 2.13. The molecule has 2 amide bonds. The van der Waals surface area contributed by atoms with E-state index in [-0.39, 0.29) is 12.1 Å². The lowest BCUT2D eigenvalue weighted by atomic mass is 9.91. The van der Waals surface area contributed by atoms with Crippen LogP contribution >= 0.6 is 0 Å². The van der Waals surface area contributed by atoms with E-state index in [0.29, 0.717) is 12.1 Å². The summed E-state index contributed by atoms with van der Waals surface area (Å²) in [6, 6.07) is 1.09. The predicted octanol–water partition coefficient (Wildman–Crippen LogP) is -0.000700. The van der Waals surface area contributed by atoms with Gasteiger partial charge in [0.1, 0.15) is 0 Å². The van der Waals surface area contributed by atoms with E-state index in [1.54, 1.807) is 0 Å². The van der Waals surface area contributed by atoms with Gasteiger partial charge in [0.05, 0.1) is 12.1 Å². The molecule has 5 nitrogen and oxygen atoms in total. The smallest absolute Gasteiger partial charge is 0.317 e. The summed E-state index contributed by atoms with van der Waals surface area (Å²) >= 11 is 0. The van der Waals surface area contributed by atoms with Crippen LogP contribution in [0.3, 0.4) is 0 Å². The Hall–Kier alpha value is -0.810. The fourth-order valence-electron chi connectivity index (χ4n) is 3.38. The Morgan fingerprint density at radius 2 is 1.88 bits per heavy atom. The van der Waals surface area contributed by atoms with Crippen molar-refractivity contribution in [2.24, 2.45) is 0 Å². The first-order valence-electron chi connectivity index (χ1n) is 6.70. The maximum atomic E-state index is 11.5. The molecule has 0 spiro atoms. The lowest BCUT2D eigenvalue weighted by Crippen LogP contribution is -2.55. The summed E-state index contributed by atoms with van der Waals surface area (Å²) < 4.78 is 0. The highest BCUT2D eigenvalue weighted by molar-refractivity contribution is 5.77. The molecule has 2 N–H and O–H groups in total. The highest BCUT2D eigenvalue weighted by atomic mass is 16.3. The summed E-state index contributed by atoms with van der Waals surface area (Å²) in [6.07, 6.45) is 4.01. The number of aliphatic hydroxyl groups is 1. The Labute approximate surface area is 102 Å². The number of carbonyl (C=O) groups excluding carboxylic acids is 1. The number of piperazine rings is 1. The summed E-state index contributed by atoms with van der Waals surface area (Å²) in [5, 5.41) is 12.4. The first kappa shape index (κ1) is 11.3. The van der Waals surface area contributed by atoms with E-state index in [9.17, 15) is 9.90 Å². The average molecular weight is 239 g/mol. The molecule has 3 fully saturated rings. The number of hydrogen-bond acceptors (Lipinski definition) is 3. The van der Waals surface area contributed by atoms with E-state index in [4.69, 9.17) is 0 Å². The van der Waals surface area contributed by atoms with Crippen LogP contribution in [0.1, 0.15) is 25.7 Å². The van der Waals surface area contributed by atoms with E-state index in [2.05, 4.69) is 10.2 Å². The third-order valence-corrected chi connectivity index (χ3v) is 4.45. The second kappa shape index (κ2) is 4.46. The molecule has 17 heavy (non-hydrogen) atoms. The van der Waals surface area contributed by atoms with Gasteiger partial charge in [-0.25, -0.2) is 4.79 Å². The van der Waals surface area contributed by atoms with E-state index in [0.717, 1.165) is 51.9 Å². The molecule has 96 valence electrons. The van der Waals surface area contributed by atoms with Gasteiger partial charge in [0, 0.05) is 32.2 Å². The van der Waals surface area contributed by atoms with Gasteiger partial charge < -0.3 is 15.3 Å². The topological polar surface area (TPSA) is 55.8 Å². The standard InChI is InChI=1S/C12H21N3O2/c16-11-3-1-9(2-4-11)14-5-6-15-10(8-14)7-13-12(15)17/h9-11,16H,1-8H2,(H,13,17). The van der Waals surface area contributed by atoms with Gasteiger partial charge in [0.15, 0.2) is 0 Å². The number of aliphatic hydroxyl groups excluding tert-OH is 1. The van der Waals surface area contributed by atoms with Gasteiger partial charge in [-0.1, -0.05) is 0 Å². The highest BCUT2D eigenvalue weighted by Crippen LogP contribution is 2.26. The first-order chi connectivity index (χ1) is 8.24. The van der Waals surface area contributed by atoms with Gasteiger partial charge in [0.2, 0.25) is 0 Å². The van der Waals surface area contributed by atoms with Crippen LogP contribution in [0, 0.1) is 0 Å². The van der Waals surface area contributed by atoms with Crippen LogP contribution in [0.4, 0.5) is 4.79 Å². The van der Waals surface area contributed by atoms with Gasteiger partial charge in [-0.05, 0) is 25.7 Å². The Kier molecular flexibility index (Phi) is 2.96. The first-order valence-corrected chi connectivity index (χ1v) is 6.70. The maximum absolute atomic E-state index is 11.5. The number of rotatable bonds is 1. The minimum absolute atomic E-state index is 0.0812. The minimum Gasteiger partial charge on any atom is -0.393 e. The quantitative estimate of drug-likeness (QED) is 0.677. The molecule has 1 aliphatic carbocycles. The number of amides is 2. The lowest BCUT2D eigenvalue weighted by molar-refractivity contribution is 0.0404. The Morgan fingerprint density at radius 1 is 1.12 bits per heavy atom. The van der Waals surface area contributed by atoms with E-state index in [1.165, 1.54) is 0 Å². The van der Waals surface area contributed by atoms with E-state index >= 15 is 0 Å². The van der Waals surface area contributed by atoms with Gasteiger partial charge in [-0.3, -0.25) is 4.90 Å². The lowest BCUT2D eigenvalue weighted by Gasteiger charge is -2.42. The molecule has 5 heteroatoms. The Morgan fingerprint density at radius 3 is 2.65 bits per heavy atom. The number of nitrogens with one attached hydrogen (secondary N) is 1. The molecule has 1 atom stereocenters. The molecule has 2 saturated heterocycles. The molecule has 0 aromatic rings. The normalized spacial score (nSPS) is 39.0. The molecule has 3 rings (SSSR count). The molecule has 3 aliphatic rings. The molecule has 2 aliphatic heterocycles. The molecule has 2 heterocycles. The average Bonchev–Trinajstić information content (AvgIpc) is 2.72. The van der Waals surface area contributed by atoms with Crippen molar-refractivity contribution in [2.75, 3.05) is 26.2 Å². The van der Waals surface area contributed by atoms with Crippen LogP contribution in [0.15, 0.2) is 0 Å². The van der Waals surface area contributed by atoms with Crippen molar-refractivity contribution in [3.63, 3.8) is 0 Å². The summed E-state index contributed by atoms with van der Waals surface area (Å²) in [4.78, 5) is 16.0. The van der Waals surface area contributed by atoms with Crippen LogP contribution in [0.2, 0.25) is 0 Å². The molecule has 1 saturated carbocycles. The van der Waals surface area contributed by atoms with Crippen molar-refractivity contribution in [1.82, 2.24) is 15.1 Å². The van der Waals surface area contributed by atoms with E-state index < -0.39 is 0 Å². The van der Waals surface area contributed by atoms with Crippen LogP contribution in [0.5, 0.6) is 0 Å². The van der Waals surface area contributed by atoms with Gasteiger partial charge >= 0.3 is 6.03 Å². The SMILES string of the molecule is O=C1NCC2CN(C3CCC(O)CC3)CCN12. The fourth-order valence-corrected chi connectivity index (χ4v) is 3.38. The van der Waals surface area contributed by atoms with E-state index in [1.807, 2.05) is 4.90 Å². The molecule has 0 aromatic carbocycles. The minimum atomic E-state index is -0.0812. The zero-order valence-electron chi connectivity index (χ0n) is 10.1. The monoisotopic (exact) mass is 239 g/mol. The molecule has 1 unspecified atom stereocenters. The Balaban J connectivity index is 1.58. The fraction of sp³-hybridized carbons (Fsp3) is 0.917. The molecule has 0 bridgehead atoms. The van der Waals surface area contributed by atoms with Crippen molar-refractivity contribution in [3.05, 3.63) is 0 Å².